The van der Waals surface area contributed by atoms with E-state index in [0.29, 0.717) is 30.0 Å². The number of fused-ring (bicyclic) bond motifs is 1. The minimum Gasteiger partial charge on any atom is -0.495 e. The molecule has 2 aromatic carbocycles. The molecule has 1 saturated heterocycles. The summed E-state index contributed by atoms with van der Waals surface area (Å²) in [5.74, 6) is -0.259. The van der Waals surface area contributed by atoms with E-state index in [1.165, 1.54) is 12.1 Å². The van der Waals surface area contributed by atoms with Gasteiger partial charge in [0.25, 0.3) is 6.43 Å². The summed E-state index contributed by atoms with van der Waals surface area (Å²) in [6.07, 6.45) is -1.25. The van der Waals surface area contributed by atoms with Crippen molar-refractivity contribution < 1.29 is 17.9 Å². The number of hydrogen-bond acceptors (Lipinski definition) is 5. The number of nitrogens with one attached hydrogen (secondary N) is 1. The number of halogens is 3. The predicted molar refractivity (Wildman–Crippen MR) is 108 cm³/mol. The van der Waals surface area contributed by atoms with Gasteiger partial charge in [0.05, 0.1) is 35.9 Å². The fourth-order valence-corrected chi connectivity index (χ4v) is 3.58. The molecule has 154 valence electrons. The van der Waals surface area contributed by atoms with Gasteiger partial charge >= 0.3 is 0 Å². The molecule has 0 aliphatic carbocycles. The summed E-state index contributed by atoms with van der Waals surface area (Å²) in [4.78, 5) is 6.42. The standard InChI is InChI=1S/C22H19F3N4O/c1-30-20-8-18-16(7-19(20)29-11-13(9-26)12-29)17(5-6-27-18)28-10-14-3-2-4-15(21(14)23)22(24)25/h2-8,13,22H,10-12H2,1H3,(H,27,28). The first-order chi connectivity index (χ1) is 14.5. The molecule has 0 saturated carbocycles. The van der Waals surface area contributed by atoms with E-state index in [2.05, 4.69) is 21.3 Å². The van der Waals surface area contributed by atoms with E-state index in [1.807, 2.05) is 12.1 Å². The maximum Gasteiger partial charge on any atom is 0.266 e. The predicted octanol–water partition coefficient (Wildman–Crippen LogP) is 4.89. The first-order valence-electron chi connectivity index (χ1n) is 9.42. The molecule has 0 bridgehead atoms. The summed E-state index contributed by atoms with van der Waals surface area (Å²) < 4.78 is 45.8. The lowest BCUT2D eigenvalue weighted by molar-refractivity contribution is 0.146. The average Bonchev–Trinajstić information content (AvgIpc) is 2.71. The summed E-state index contributed by atoms with van der Waals surface area (Å²) in [5, 5.41) is 13.0. The highest BCUT2D eigenvalue weighted by atomic mass is 19.3. The van der Waals surface area contributed by atoms with Crippen molar-refractivity contribution >= 4 is 22.3 Å². The van der Waals surface area contributed by atoms with Crippen molar-refractivity contribution in [1.29, 1.82) is 5.26 Å². The van der Waals surface area contributed by atoms with Gasteiger partial charge in [-0.25, -0.2) is 13.2 Å². The van der Waals surface area contributed by atoms with Crippen LogP contribution in [0, 0.1) is 23.1 Å². The fourth-order valence-electron chi connectivity index (χ4n) is 3.58. The largest absolute Gasteiger partial charge is 0.495 e. The van der Waals surface area contributed by atoms with Crippen molar-refractivity contribution in [1.82, 2.24) is 4.98 Å². The van der Waals surface area contributed by atoms with Crippen LogP contribution in [0.1, 0.15) is 17.6 Å². The first kappa shape index (κ1) is 19.8. The number of nitrogens with zero attached hydrogens (tertiary/aromatic N) is 3. The van der Waals surface area contributed by atoms with E-state index in [4.69, 9.17) is 10.00 Å². The van der Waals surface area contributed by atoms with Crippen LogP contribution in [0.3, 0.4) is 0 Å². The number of rotatable bonds is 6. The van der Waals surface area contributed by atoms with Crippen LogP contribution < -0.4 is 15.0 Å². The smallest absolute Gasteiger partial charge is 0.266 e. The summed E-state index contributed by atoms with van der Waals surface area (Å²) in [6.45, 7) is 1.28. The molecular formula is C22H19F3N4O. The Balaban J connectivity index is 1.65. The summed E-state index contributed by atoms with van der Waals surface area (Å²) in [6, 6.07) is 11.7. The Bertz CT molecular complexity index is 1120. The van der Waals surface area contributed by atoms with Gasteiger partial charge in [-0.2, -0.15) is 5.26 Å². The van der Waals surface area contributed by atoms with E-state index < -0.39 is 17.8 Å². The zero-order valence-electron chi connectivity index (χ0n) is 16.2. The highest BCUT2D eigenvalue weighted by Crippen LogP contribution is 2.38. The topological polar surface area (TPSA) is 61.2 Å². The zero-order valence-corrected chi connectivity index (χ0v) is 16.2. The lowest BCUT2D eigenvalue weighted by Gasteiger charge is -2.38. The second-order valence-electron chi connectivity index (χ2n) is 7.11. The van der Waals surface area contributed by atoms with Crippen LogP contribution in [-0.2, 0) is 6.54 Å². The molecule has 1 aromatic heterocycles. The number of aromatic nitrogens is 1. The number of alkyl halides is 2. The SMILES string of the molecule is COc1cc2nccc(NCc3cccc(C(F)F)c3F)c2cc1N1CC(C#N)C1. The molecule has 2 heterocycles. The number of hydrogen-bond donors (Lipinski definition) is 1. The Kier molecular flexibility index (Phi) is 5.36. The lowest BCUT2D eigenvalue weighted by atomic mass is 10.00. The van der Waals surface area contributed by atoms with Gasteiger partial charge in [-0.15, -0.1) is 0 Å². The highest BCUT2D eigenvalue weighted by Gasteiger charge is 2.29. The molecule has 0 unspecified atom stereocenters. The number of anilines is 2. The Hall–Kier alpha value is -3.47. The number of nitriles is 1. The molecule has 4 rings (SSSR count). The molecule has 8 heteroatoms. The van der Waals surface area contributed by atoms with Crippen LogP contribution in [0.25, 0.3) is 10.9 Å². The monoisotopic (exact) mass is 412 g/mol. The minimum atomic E-state index is -2.87. The quantitative estimate of drug-likeness (QED) is 0.625. The Morgan fingerprint density at radius 2 is 2.10 bits per heavy atom. The molecular weight excluding hydrogens is 393 g/mol. The molecule has 0 atom stereocenters. The molecule has 3 aromatic rings. The van der Waals surface area contributed by atoms with Gasteiger partial charge in [-0.1, -0.05) is 18.2 Å². The van der Waals surface area contributed by atoms with Crippen LogP contribution in [0.2, 0.25) is 0 Å². The number of pyridine rings is 1. The molecule has 1 N–H and O–H groups in total. The molecule has 1 aliphatic rings. The van der Waals surface area contributed by atoms with Crippen LogP contribution in [-0.4, -0.2) is 25.2 Å². The normalized spacial score (nSPS) is 13.9. The Labute approximate surface area is 171 Å². The summed E-state index contributed by atoms with van der Waals surface area (Å²) in [5.41, 5.74) is 1.78. The van der Waals surface area contributed by atoms with Gasteiger partial charge in [0.2, 0.25) is 0 Å². The van der Waals surface area contributed by atoms with E-state index in [0.717, 1.165) is 17.1 Å². The van der Waals surface area contributed by atoms with Crippen molar-refractivity contribution in [3.63, 3.8) is 0 Å². The third kappa shape index (κ3) is 3.59. The van der Waals surface area contributed by atoms with Gasteiger partial charge in [0.15, 0.2) is 0 Å². The molecule has 1 aliphatic heterocycles. The summed E-state index contributed by atoms with van der Waals surface area (Å²) in [7, 11) is 1.58. The van der Waals surface area contributed by atoms with Gasteiger partial charge in [-0.05, 0) is 12.1 Å². The molecule has 30 heavy (non-hydrogen) atoms. The fraction of sp³-hybridized carbons (Fsp3) is 0.273. The molecule has 0 radical (unpaired) electrons. The van der Waals surface area contributed by atoms with E-state index in [1.54, 1.807) is 19.4 Å². The summed E-state index contributed by atoms with van der Waals surface area (Å²) >= 11 is 0. The second kappa shape index (κ2) is 8.11. The average molecular weight is 412 g/mol. The van der Waals surface area contributed by atoms with Gasteiger partial charge in [0, 0.05) is 48.5 Å². The van der Waals surface area contributed by atoms with Crippen LogP contribution in [0.4, 0.5) is 24.5 Å². The third-order valence-corrected chi connectivity index (χ3v) is 5.26. The molecule has 1 fully saturated rings. The molecule has 0 spiro atoms. The van der Waals surface area contributed by atoms with Crippen LogP contribution in [0.5, 0.6) is 5.75 Å². The zero-order chi connectivity index (χ0) is 21.3. The minimum absolute atomic E-state index is 0.0121. The Morgan fingerprint density at radius 1 is 1.30 bits per heavy atom. The van der Waals surface area contributed by atoms with Gasteiger partial charge in [0.1, 0.15) is 11.6 Å². The van der Waals surface area contributed by atoms with Crippen molar-refractivity contribution in [3.8, 4) is 11.8 Å². The van der Waals surface area contributed by atoms with Crippen molar-refractivity contribution in [3.05, 3.63) is 59.5 Å². The van der Waals surface area contributed by atoms with Gasteiger partial charge < -0.3 is 15.0 Å². The molecule has 0 amide bonds. The maximum atomic E-state index is 14.4. The first-order valence-corrected chi connectivity index (χ1v) is 9.42. The van der Waals surface area contributed by atoms with Crippen LogP contribution >= 0.6 is 0 Å². The lowest BCUT2D eigenvalue weighted by Crippen LogP contribution is -2.46. The molecule has 5 nitrogen and oxygen atoms in total. The highest BCUT2D eigenvalue weighted by molar-refractivity contribution is 5.95. The van der Waals surface area contributed by atoms with E-state index >= 15 is 0 Å². The third-order valence-electron chi connectivity index (χ3n) is 5.26. The van der Waals surface area contributed by atoms with Crippen molar-refractivity contribution in [2.75, 3.05) is 30.4 Å². The van der Waals surface area contributed by atoms with E-state index in [-0.39, 0.29) is 18.0 Å². The second-order valence-corrected chi connectivity index (χ2v) is 7.11. The Morgan fingerprint density at radius 3 is 2.80 bits per heavy atom. The number of benzene rings is 2. The maximum absolute atomic E-state index is 14.4. The number of ether oxygens (including phenoxy) is 1. The number of methoxy groups -OCH3 is 1. The van der Waals surface area contributed by atoms with Crippen molar-refractivity contribution in [2.24, 2.45) is 5.92 Å². The van der Waals surface area contributed by atoms with E-state index in [9.17, 15) is 13.2 Å². The van der Waals surface area contributed by atoms with Crippen molar-refractivity contribution in [2.45, 2.75) is 13.0 Å². The van der Waals surface area contributed by atoms with Crippen LogP contribution in [0.15, 0.2) is 42.6 Å². The van der Waals surface area contributed by atoms with Gasteiger partial charge in [-0.3, -0.25) is 4.98 Å².